The van der Waals surface area contributed by atoms with Gasteiger partial charge in [-0.05, 0) is 37.3 Å². The van der Waals surface area contributed by atoms with Crippen LogP contribution in [0.2, 0.25) is 10.0 Å². The summed E-state index contributed by atoms with van der Waals surface area (Å²) in [5.74, 6) is -0.173. The molecule has 2 heterocycles. The Kier molecular flexibility index (Phi) is 7.49. The fraction of sp³-hybridized carbons (Fsp3) is 0.261. The molecule has 3 aromatic rings. The largest absolute Gasteiger partial charge is 0.335 e. The number of aromatic nitrogens is 1. The van der Waals surface area contributed by atoms with E-state index in [0.29, 0.717) is 53.6 Å². The molecule has 2 N–H and O–H groups in total. The van der Waals surface area contributed by atoms with E-state index in [-0.39, 0.29) is 11.8 Å². The van der Waals surface area contributed by atoms with Crippen molar-refractivity contribution in [3.05, 3.63) is 69.1 Å². The van der Waals surface area contributed by atoms with Crippen molar-refractivity contribution in [2.24, 2.45) is 0 Å². The Hall–Kier alpha value is -2.65. The highest BCUT2D eigenvalue weighted by atomic mass is 35.5. The topological polar surface area (TPSA) is 77.6 Å². The monoisotopic (exact) mass is 503 g/mol. The van der Waals surface area contributed by atoms with Crippen molar-refractivity contribution < 1.29 is 9.59 Å². The standard InChI is InChI=1S/C23H23Cl2N5O2S/c1-15-2-4-16(5-3-15)26-21(31)13-29-8-10-30(11-9-29)22(32)20-14-33-23(28-20)27-17-6-7-18(24)19(25)12-17/h2-7,12,14H,8-11,13H2,1H3,(H,26,31)(H,27,28). The van der Waals surface area contributed by atoms with Gasteiger partial charge in [0, 0.05) is 42.9 Å². The van der Waals surface area contributed by atoms with Crippen LogP contribution in [-0.2, 0) is 4.79 Å². The normalized spacial score (nSPS) is 14.2. The molecule has 0 aliphatic carbocycles. The number of carbonyl (C=O) groups is 2. The lowest BCUT2D eigenvalue weighted by atomic mass is 10.2. The average molecular weight is 504 g/mol. The first-order valence-electron chi connectivity index (χ1n) is 10.4. The lowest BCUT2D eigenvalue weighted by Gasteiger charge is -2.33. The predicted octanol–water partition coefficient (Wildman–Crippen LogP) is 4.90. The Morgan fingerprint density at radius 2 is 1.70 bits per heavy atom. The summed E-state index contributed by atoms with van der Waals surface area (Å²) in [7, 11) is 0. The molecule has 0 spiro atoms. The first kappa shape index (κ1) is 23.5. The quantitative estimate of drug-likeness (QED) is 0.500. The van der Waals surface area contributed by atoms with Crippen molar-refractivity contribution in [3.63, 3.8) is 0 Å². The van der Waals surface area contributed by atoms with Crippen LogP contribution >= 0.6 is 34.5 Å². The Bertz CT molecular complexity index is 1140. The van der Waals surface area contributed by atoms with Crippen molar-refractivity contribution in [3.8, 4) is 0 Å². The summed E-state index contributed by atoms with van der Waals surface area (Å²) >= 11 is 13.3. The summed E-state index contributed by atoms with van der Waals surface area (Å²) in [6.45, 7) is 4.65. The molecule has 0 radical (unpaired) electrons. The van der Waals surface area contributed by atoms with E-state index in [1.165, 1.54) is 11.3 Å². The SMILES string of the molecule is Cc1ccc(NC(=O)CN2CCN(C(=O)c3csc(Nc4ccc(Cl)c(Cl)c4)n3)CC2)cc1. The first-order valence-corrected chi connectivity index (χ1v) is 12.1. The summed E-state index contributed by atoms with van der Waals surface area (Å²) < 4.78 is 0. The second-order valence-electron chi connectivity index (χ2n) is 7.77. The van der Waals surface area contributed by atoms with Gasteiger partial charge < -0.3 is 15.5 Å². The summed E-state index contributed by atoms with van der Waals surface area (Å²) in [6.07, 6.45) is 0. The average Bonchev–Trinajstić information content (AvgIpc) is 3.26. The fourth-order valence-corrected chi connectivity index (χ4v) is 4.44. The lowest BCUT2D eigenvalue weighted by Crippen LogP contribution is -2.50. The number of nitrogens with zero attached hydrogens (tertiary/aromatic N) is 3. The number of rotatable bonds is 6. The highest BCUT2D eigenvalue weighted by Gasteiger charge is 2.25. The summed E-state index contributed by atoms with van der Waals surface area (Å²) in [5.41, 5.74) is 3.07. The molecule has 0 unspecified atom stereocenters. The molecule has 0 atom stereocenters. The molecular weight excluding hydrogens is 481 g/mol. The van der Waals surface area contributed by atoms with Crippen LogP contribution in [0.5, 0.6) is 0 Å². The number of halogens is 2. The van der Waals surface area contributed by atoms with Gasteiger partial charge in [-0.3, -0.25) is 14.5 Å². The molecule has 2 aromatic carbocycles. The third-order valence-corrected chi connectivity index (χ3v) is 6.75. The first-order chi connectivity index (χ1) is 15.9. The van der Waals surface area contributed by atoms with E-state index < -0.39 is 0 Å². The number of piperazine rings is 1. The van der Waals surface area contributed by atoms with Gasteiger partial charge in [0.15, 0.2) is 5.13 Å². The lowest BCUT2D eigenvalue weighted by molar-refractivity contribution is -0.117. The van der Waals surface area contributed by atoms with Gasteiger partial charge in [-0.15, -0.1) is 11.3 Å². The van der Waals surface area contributed by atoms with E-state index in [2.05, 4.69) is 15.6 Å². The number of benzene rings is 2. The zero-order chi connectivity index (χ0) is 23.4. The summed E-state index contributed by atoms with van der Waals surface area (Å²) in [4.78, 5) is 33.4. The molecule has 4 rings (SSSR count). The molecule has 1 fully saturated rings. The third-order valence-electron chi connectivity index (χ3n) is 5.26. The number of carbonyl (C=O) groups excluding carboxylic acids is 2. The van der Waals surface area contributed by atoms with E-state index in [0.717, 1.165) is 16.9 Å². The highest BCUT2D eigenvalue weighted by molar-refractivity contribution is 7.14. The summed E-state index contributed by atoms with van der Waals surface area (Å²) in [6, 6.07) is 12.9. The molecule has 1 aliphatic heterocycles. The van der Waals surface area contributed by atoms with Gasteiger partial charge in [0.25, 0.3) is 5.91 Å². The molecule has 7 nitrogen and oxygen atoms in total. The Labute approximate surface area is 206 Å². The number of aryl methyl sites for hydroxylation is 1. The number of thiazole rings is 1. The zero-order valence-electron chi connectivity index (χ0n) is 18.0. The van der Waals surface area contributed by atoms with Gasteiger partial charge in [-0.25, -0.2) is 4.98 Å². The second kappa shape index (κ2) is 10.5. The van der Waals surface area contributed by atoms with Crippen LogP contribution in [0.1, 0.15) is 16.1 Å². The molecule has 10 heteroatoms. The van der Waals surface area contributed by atoms with Gasteiger partial charge in [0.2, 0.25) is 5.91 Å². The molecule has 1 aliphatic rings. The minimum atomic E-state index is -0.114. The molecule has 2 amide bonds. The Morgan fingerprint density at radius 3 is 2.39 bits per heavy atom. The second-order valence-corrected chi connectivity index (χ2v) is 9.45. The van der Waals surface area contributed by atoms with Crippen LogP contribution in [0.4, 0.5) is 16.5 Å². The molecule has 1 saturated heterocycles. The predicted molar refractivity (Wildman–Crippen MR) is 134 cm³/mol. The van der Waals surface area contributed by atoms with E-state index >= 15 is 0 Å². The van der Waals surface area contributed by atoms with Gasteiger partial charge in [0.05, 0.1) is 16.6 Å². The fourth-order valence-electron chi connectivity index (χ4n) is 3.44. The van der Waals surface area contributed by atoms with Crippen molar-refractivity contribution in [1.29, 1.82) is 0 Å². The molecule has 33 heavy (non-hydrogen) atoms. The van der Waals surface area contributed by atoms with Crippen LogP contribution in [0.3, 0.4) is 0 Å². The third kappa shape index (κ3) is 6.23. The minimum absolute atomic E-state index is 0.0591. The number of anilines is 3. The van der Waals surface area contributed by atoms with Gasteiger partial charge >= 0.3 is 0 Å². The number of amides is 2. The van der Waals surface area contributed by atoms with Crippen molar-refractivity contribution >= 4 is 62.9 Å². The van der Waals surface area contributed by atoms with Crippen LogP contribution in [0, 0.1) is 6.92 Å². The maximum absolute atomic E-state index is 12.9. The van der Waals surface area contributed by atoms with Gasteiger partial charge in [0.1, 0.15) is 5.69 Å². The van der Waals surface area contributed by atoms with Crippen molar-refractivity contribution in [2.75, 3.05) is 43.4 Å². The molecule has 0 bridgehead atoms. The Morgan fingerprint density at radius 1 is 1.00 bits per heavy atom. The Balaban J connectivity index is 1.26. The smallest absolute Gasteiger partial charge is 0.273 e. The van der Waals surface area contributed by atoms with Crippen molar-refractivity contribution in [1.82, 2.24) is 14.8 Å². The molecular formula is C23H23Cl2N5O2S. The minimum Gasteiger partial charge on any atom is -0.335 e. The van der Waals surface area contributed by atoms with Crippen molar-refractivity contribution in [2.45, 2.75) is 6.92 Å². The maximum Gasteiger partial charge on any atom is 0.273 e. The van der Waals surface area contributed by atoms with E-state index in [4.69, 9.17) is 23.2 Å². The van der Waals surface area contributed by atoms with Gasteiger partial charge in [-0.2, -0.15) is 0 Å². The van der Waals surface area contributed by atoms with Crippen LogP contribution in [0.25, 0.3) is 0 Å². The molecule has 172 valence electrons. The van der Waals surface area contributed by atoms with E-state index in [1.807, 2.05) is 36.1 Å². The van der Waals surface area contributed by atoms with E-state index in [9.17, 15) is 9.59 Å². The number of hydrogen-bond acceptors (Lipinski definition) is 6. The number of hydrogen-bond donors (Lipinski definition) is 2. The molecule has 0 saturated carbocycles. The van der Waals surface area contributed by atoms with Crippen LogP contribution in [0.15, 0.2) is 47.8 Å². The van der Waals surface area contributed by atoms with E-state index in [1.54, 1.807) is 28.5 Å². The zero-order valence-corrected chi connectivity index (χ0v) is 20.3. The molecule has 1 aromatic heterocycles. The maximum atomic E-state index is 12.9. The van der Waals surface area contributed by atoms with Crippen LogP contribution in [-0.4, -0.2) is 59.3 Å². The number of nitrogens with one attached hydrogen (secondary N) is 2. The van der Waals surface area contributed by atoms with Crippen LogP contribution < -0.4 is 10.6 Å². The summed E-state index contributed by atoms with van der Waals surface area (Å²) in [5, 5.41) is 9.32. The van der Waals surface area contributed by atoms with Gasteiger partial charge in [-0.1, -0.05) is 40.9 Å². The highest BCUT2D eigenvalue weighted by Crippen LogP contribution is 2.28.